The van der Waals surface area contributed by atoms with Gasteiger partial charge < -0.3 is 4.90 Å². The quantitative estimate of drug-likeness (QED) is 0.498. The Balaban J connectivity index is 1.66. The van der Waals surface area contributed by atoms with Gasteiger partial charge in [-0.15, -0.1) is 10.2 Å². The molecule has 0 fully saturated rings. The van der Waals surface area contributed by atoms with Crippen molar-refractivity contribution >= 4 is 34.3 Å². The molecule has 2 aromatic carbocycles. The van der Waals surface area contributed by atoms with Gasteiger partial charge in [0.2, 0.25) is 5.78 Å². The molecule has 0 atom stereocenters. The molecule has 8 heteroatoms. The third kappa shape index (κ3) is 3.05. The zero-order valence-electron chi connectivity index (χ0n) is 15.8. The Bertz CT molecular complexity index is 1240. The molecule has 2 aromatic heterocycles. The minimum atomic E-state index is -0.0896. The zero-order valence-corrected chi connectivity index (χ0v) is 16.6. The molecular formula is C20H19N5O2S. The van der Waals surface area contributed by atoms with Crippen molar-refractivity contribution in [3.63, 3.8) is 0 Å². The Morgan fingerprint density at radius 3 is 2.50 bits per heavy atom. The molecule has 0 aliphatic heterocycles. The van der Waals surface area contributed by atoms with E-state index in [1.165, 1.54) is 16.3 Å². The van der Waals surface area contributed by atoms with Crippen LogP contribution in [0.1, 0.15) is 15.9 Å². The van der Waals surface area contributed by atoms with Crippen LogP contribution in [0.3, 0.4) is 0 Å². The lowest BCUT2D eigenvalue weighted by Crippen LogP contribution is -2.21. The van der Waals surface area contributed by atoms with Gasteiger partial charge >= 0.3 is 0 Å². The molecule has 0 aliphatic carbocycles. The first-order chi connectivity index (χ1) is 13.5. The summed E-state index contributed by atoms with van der Waals surface area (Å²) in [5, 5.41) is 9.84. The average molecular weight is 393 g/mol. The molecule has 0 aliphatic rings. The van der Waals surface area contributed by atoms with Crippen LogP contribution in [-0.4, -0.2) is 44.1 Å². The number of benzene rings is 2. The van der Waals surface area contributed by atoms with E-state index < -0.39 is 0 Å². The number of carbonyl (C=O) groups is 1. The van der Waals surface area contributed by atoms with Gasteiger partial charge in [0.25, 0.3) is 11.5 Å². The van der Waals surface area contributed by atoms with Gasteiger partial charge in [0.1, 0.15) is 0 Å². The molecule has 0 saturated heterocycles. The van der Waals surface area contributed by atoms with Crippen LogP contribution >= 0.6 is 11.8 Å². The number of amides is 1. The number of carbonyl (C=O) groups excluding carboxylic acids is 1. The fourth-order valence-electron chi connectivity index (χ4n) is 3.05. The van der Waals surface area contributed by atoms with Crippen molar-refractivity contribution in [1.82, 2.24) is 24.1 Å². The molecule has 0 spiro atoms. The second kappa shape index (κ2) is 7.12. The first-order valence-electron chi connectivity index (χ1n) is 8.73. The summed E-state index contributed by atoms with van der Waals surface area (Å²) >= 11 is 1.54. The maximum absolute atomic E-state index is 12.5. The van der Waals surface area contributed by atoms with E-state index in [-0.39, 0.29) is 11.5 Å². The summed E-state index contributed by atoms with van der Waals surface area (Å²) in [5.41, 5.74) is 2.44. The second-order valence-corrected chi connectivity index (χ2v) is 7.63. The fraction of sp³-hybridized carbons (Fsp3) is 0.200. The normalized spacial score (nSPS) is 11.2. The number of nitrogens with zero attached hydrogens (tertiary/aromatic N) is 5. The predicted octanol–water partition coefficient (Wildman–Crippen LogP) is 2.58. The molecule has 1 amide bonds. The van der Waals surface area contributed by atoms with Gasteiger partial charge in [0.15, 0.2) is 5.16 Å². The molecule has 0 radical (unpaired) electrons. The van der Waals surface area contributed by atoms with Crippen LogP contribution in [0.5, 0.6) is 0 Å². The number of hydrogen-bond donors (Lipinski definition) is 0. The van der Waals surface area contributed by atoms with Crippen molar-refractivity contribution in [2.75, 3.05) is 14.1 Å². The highest BCUT2D eigenvalue weighted by molar-refractivity contribution is 7.98. The standard InChI is InChI=1S/C20H19N5O2S/c1-23(2)17(26)14-10-8-13(9-11-14)12-28-20-22-21-19-24(3)18(27)15-6-4-5-7-16(15)25(19)20/h4-11H,12H2,1-3H3. The van der Waals surface area contributed by atoms with Crippen molar-refractivity contribution in [3.05, 3.63) is 70.0 Å². The summed E-state index contributed by atoms with van der Waals surface area (Å²) in [4.78, 5) is 26.1. The molecule has 4 aromatic rings. The number of hydrogen-bond acceptors (Lipinski definition) is 5. The topological polar surface area (TPSA) is 72.5 Å². The van der Waals surface area contributed by atoms with Crippen molar-refractivity contribution in [1.29, 1.82) is 0 Å². The fourth-order valence-corrected chi connectivity index (χ4v) is 3.95. The van der Waals surface area contributed by atoms with Crippen molar-refractivity contribution < 1.29 is 4.79 Å². The summed E-state index contributed by atoms with van der Waals surface area (Å²) < 4.78 is 3.42. The molecule has 28 heavy (non-hydrogen) atoms. The minimum Gasteiger partial charge on any atom is -0.345 e. The summed E-state index contributed by atoms with van der Waals surface area (Å²) in [6, 6.07) is 15.0. The maximum Gasteiger partial charge on any atom is 0.262 e. The van der Waals surface area contributed by atoms with E-state index in [2.05, 4.69) is 10.2 Å². The average Bonchev–Trinajstić information content (AvgIpc) is 3.14. The summed E-state index contributed by atoms with van der Waals surface area (Å²) in [6.07, 6.45) is 0. The van der Waals surface area contributed by atoms with Crippen LogP contribution in [-0.2, 0) is 12.8 Å². The van der Waals surface area contributed by atoms with Gasteiger partial charge in [-0.2, -0.15) is 0 Å². The summed E-state index contributed by atoms with van der Waals surface area (Å²) in [5.74, 6) is 1.17. The molecule has 142 valence electrons. The number of thioether (sulfide) groups is 1. The largest absolute Gasteiger partial charge is 0.345 e. The van der Waals surface area contributed by atoms with Gasteiger partial charge in [0, 0.05) is 32.5 Å². The van der Waals surface area contributed by atoms with Crippen LogP contribution in [0.25, 0.3) is 16.7 Å². The summed E-state index contributed by atoms with van der Waals surface area (Å²) in [7, 11) is 5.17. The predicted molar refractivity (Wildman–Crippen MR) is 110 cm³/mol. The van der Waals surface area contributed by atoms with E-state index in [9.17, 15) is 9.59 Å². The maximum atomic E-state index is 12.5. The van der Waals surface area contributed by atoms with Crippen LogP contribution in [0.4, 0.5) is 0 Å². The second-order valence-electron chi connectivity index (χ2n) is 6.68. The molecule has 0 unspecified atom stereocenters. The van der Waals surface area contributed by atoms with Crippen LogP contribution in [0, 0.1) is 0 Å². The number of aryl methyl sites for hydroxylation is 1. The van der Waals surface area contributed by atoms with Crippen LogP contribution in [0.2, 0.25) is 0 Å². The first-order valence-corrected chi connectivity index (χ1v) is 9.72. The lowest BCUT2D eigenvalue weighted by molar-refractivity contribution is 0.0827. The van der Waals surface area contributed by atoms with Crippen LogP contribution < -0.4 is 5.56 Å². The van der Waals surface area contributed by atoms with Gasteiger partial charge in [-0.1, -0.05) is 36.0 Å². The third-order valence-electron chi connectivity index (χ3n) is 4.57. The van der Waals surface area contributed by atoms with Crippen LogP contribution in [0.15, 0.2) is 58.5 Å². The third-order valence-corrected chi connectivity index (χ3v) is 5.57. The molecule has 0 bridgehead atoms. The Morgan fingerprint density at radius 2 is 1.79 bits per heavy atom. The Hall–Kier alpha value is -3.13. The SMILES string of the molecule is CN(C)C(=O)c1ccc(CSc2nnc3n(C)c(=O)c4ccccc4n23)cc1. The van der Waals surface area contributed by atoms with E-state index in [0.717, 1.165) is 16.2 Å². The molecule has 7 nitrogen and oxygen atoms in total. The van der Waals surface area contributed by atoms with Crippen molar-refractivity contribution in [3.8, 4) is 0 Å². The smallest absolute Gasteiger partial charge is 0.262 e. The molecule has 0 saturated carbocycles. The van der Waals surface area contributed by atoms with Crippen molar-refractivity contribution in [2.45, 2.75) is 10.9 Å². The molecular weight excluding hydrogens is 374 g/mol. The number of para-hydroxylation sites is 1. The molecule has 4 rings (SSSR count). The summed E-state index contributed by atoms with van der Waals surface area (Å²) in [6.45, 7) is 0. The number of rotatable bonds is 4. The van der Waals surface area contributed by atoms with Gasteiger partial charge in [0.05, 0.1) is 10.9 Å². The number of aromatic nitrogens is 4. The Labute approximate surface area is 165 Å². The van der Waals surface area contributed by atoms with Gasteiger partial charge in [-0.05, 0) is 29.8 Å². The van der Waals surface area contributed by atoms with E-state index in [0.29, 0.717) is 22.5 Å². The zero-order chi connectivity index (χ0) is 19.8. The highest BCUT2D eigenvalue weighted by atomic mass is 32.2. The highest BCUT2D eigenvalue weighted by Crippen LogP contribution is 2.24. The lowest BCUT2D eigenvalue weighted by atomic mass is 10.1. The monoisotopic (exact) mass is 393 g/mol. The minimum absolute atomic E-state index is 0.0185. The first kappa shape index (κ1) is 18.2. The van der Waals surface area contributed by atoms with E-state index in [1.807, 2.05) is 52.9 Å². The number of fused-ring (bicyclic) bond motifs is 3. The van der Waals surface area contributed by atoms with Gasteiger partial charge in [-0.25, -0.2) is 0 Å². The van der Waals surface area contributed by atoms with E-state index in [4.69, 9.17) is 0 Å². The Morgan fingerprint density at radius 1 is 1.07 bits per heavy atom. The molecule has 0 N–H and O–H groups in total. The van der Waals surface area contributed by atoms with E-state index >= 15 is 0 Å². The molecule has 2 heterocycles. The highest BCUT2D eigenvalue weighted by Gasteiger charge is 2.15. The lowest BCUT2D eigenvalue weighted by Gasteiger charge is -2.10. The Kier molecular flexibility index (Phi) is 4.64. The van der Waals surface area contributed by atoms with Crippen molar-refractivity contribution in [2.24, 2.45) is 7.05 Å². The van der Waals surface area contributed by atoms with Gasteiger partial charge in [-0.3, -0.25) is 18.6 Å². The van der Waals surface area contributed by atoms with E-state index in [1.54, 1.807) is 26.0 Å².